The van der Waals surface area contributed by atoms with Gasteiger partial charge in [-0.2, -0.15) is 13.2 Å². The summed E-state index contributed by atoms with van der Waals surface area (Å²) in [7, 11) is 2.68. The molecule has 1 saturated heterocycles. The standard InChI is InChI=1S/C16H19F3N4O2S.FH.H2/c1-16(18,19)11(21-2)6-9(20)8-7-23(3)15(25)12(8)14(24)22-10-4-5-26-13(10)17;;/h4-6,8,12H,7,20H2,1-3H3,(H,22,24);2*1H/b9-6-,21-11?;;/t8-,12+;;/m1../s1. The summed E-state index contributed by atoms with van der Waals surface area (Å²) in [4.78, 5) is 29.6. The van der Waals surface area contributed by atoms with Crippen LogP contribution >= 0.6 is 11.3 Å². The van der Waals surface area contributed by atoms with E-state index in [-0.39, 0.29) is 24.1 Å². The second kappa shape index (κ2) is 8.51. The Hall–Kier alpha value is -2.43. The molecule has 0 aromatic carbocycles. The molecule has 1 aliphatic rings. The molecular formula is C16H22F4N4O2S. The first-order chi connectivity index (χ1) is 12.1. The molecule has 1 aromatic heterocycles. The third-order valence-electron chi connectivity index (χ3n) is 4.10. The average molecular weight is 410 g/mol. The maximum absolute atomic E-state index is 13.5. The number of allylic oxidation sites excluding steroid dienone is 1. The monoisotopic (exact) mass is 410 g/mol. The van der Waals surface area contributed by atoms with E-state index in [1.165, 1.54) is 30.4 Å². The van der Waals surface area contributed by atoms with Crippen LogP contribution < -0.4 is 11.1 Å². The summed E-state index contributed by atoms with van der Waals surface area (Å²) < 4.78 is 40.6. The molecule has 1 fully saturated rings. The molecule has 0 unspecified atom stereocenters. The van der Waals surface area contributed by atoms with Crippen LogP contribution in [-0.4, -0.2) is 49.0 Å². The second-order valence-corrected chi connectivity index (χ2v) is 6.91. The fourth-order valence-electron chi connectivity index (χ4n) is 2.74. The third-order valence-corrected chi connectivity index (χ3v) is 4.79. The van der Waals surface area contributed by atoms with Crippen molar-refractivity contribution in [3.63, 3.8) is 0 Å². The molecule has 0 spiro atoms. The van der Waals surface area contributed by atoms with E-state index >= 15 is 0 Å². The molecule has 0 aliphatic carbocycles. The van der Waals surface area contributed by atoms with Crippen molar-refractivity contribution < 1.29 is 28.9 Å². The molecule has 27 heavy (non-hydrogen) atoms. The number of anilines is 1. The second-order valence-electron chi connectivity index (χ2n) is 6.04. The molecule has 11 heteroatoms. The number of amides is 2. The van der Waals surface area contributed by atoms with E-state index in [1.54, 1.807) is 0 Å². The molecule has 3 N–H and O–H groups in total. The number of rotatable bonds is 5. The Kier molecular flexibility index (Phi) is 7.12. The fraction of sp³-hybridized carbons (Fsp3) is 0.438. The van der Waals surface area contributed by atoms with Gasteiger partial charge in [0.1, 0.15) is 11.6 Å². The zero-order chi connectivity index (χ0) is 19.6. The lowest BCUT2D eigenvalue weighted by Gasteiger charge is -2.18. The number of nitrogens with zero attached hydrogens (tertiary/aromatic N) is 2. The van der Waals surface area contributed by atoms with E-state index in [4.69, 9.17) is 5.73 Å². The van der Waals surface area contributed by atoms with E-state index in [9.17, 15) is 22.8 Å². The van der Waals surface area contributed by atoms with Crippen LogP contribution in [-0.2, 0) is 9.59 Å². The molecule has 2 atom stereocenters. The SMILES string of the molecule is CN=C(/C=C(\N)[C@H]1CN(C)C(=O)[C@@H]1C(=O)Nc1ccsc1F)C(C)(F)F.F.[HH]. The van der Waals surface area contributed by atoms with Gasteiger partial charge in [0.25, 0.3) is 5.92 Å². The van der Waals surface area contributed by atoms with Crippen LogP contribution in [0.5, 0.6) is 0 Å². The maximum Gasteiger partial charge on any atom is 0.286 e. The zero-order valence-corrected chi connectivity index (χ0v) is 15.6. The highest BCUT2D eigenvalue weighted by atomic mass is 32.1. The summed E-state index contributed by atoms with van der Waals surface area (Å²) in [5, 5.41) is 3.21. The number of carbonyl (C=O) groups excluding carboxylic acids is 2. The molecule has 152 valence electrons. The van der Waals surface area contributed by atoms with Crippen LogP contribution in [0.25, 0.3) is 0 Å². The van der Waals surface area contributed by atoms with Crippen LogP contribution in [0.3, 0.4) is 0 Å². The van der Waals surface area contributed by atoms with Gasteiger partial charge in [-0.1, -0.05) is 0 Å². The van der Waals surface area contributed by atoms with Gasteiger partial charge in [0.15, 0.2) is 5.13 Å². The number of likely N-dealkylation sites (tertiary alicyclic amines) is 1. The van der Waals surface area contributed by atoms with Crippen molar-refractivity contribution in [1.82, 2.24) is 4.90 Å². The number of hydrogen-bond acceptors (Lipinski definition) is 5. The highest BCUT2D eigenvalue weighted by Crippen LogP contribution is 2.31. The van der Waals surface area contributed by atoms with Gasteiger partial charge < -0.3 is 16.0 Å². The van der Waals surface area contributed by atoms with Crippen LogP contribution in [0.1, 0.15) is 8.35 Å². The summed E-state index contributed by atoms with van der Waals surface area (Å²) >= 11 is 0.800. The lowest BCUT2D eigenvalue weighted by Crippen LogP contribution is -2.35. The Morgan fingerprint density at radius 3 is 2.67 bits per heavy atom. The summed E-state index contributed by atoms with van der Waals surface area (Å²) in [6.07, 6.45) is 0.989. The van der Waals surface area contributed by atoms with Crippen molar-refractivity contribution in [1.29, 1.82) is 0 Å². The zero-order valence-electron chi connectivity index (χ0n) is 14.8. The molecule has 1 aromatic rings. The number of nitrogens with one attached hydrogen (secondary N) is 1. The van der Waals surface area contributed by atoms with Gasteiger partial charge in [0.05, 0.1) is 5.69 Å². The largest absolute Gasteiger partial charge is 0.402 e. The molecule has 2 amide bonds. The van der Waals surface area contributed by atoms with Crippen molar-refractivity contribution in [2.24, 2.45) is 22.6 Å². The molecule has 1 aliphatic heterocycles. The van der Waals surface area contributed by atoms with E-state index in [0.29, 0.717) is 6.92 Å². The van der Waals surface area contributed by atoms with Crippen LogP contribution in [0.4, 0.5) is 23.6 Å². The third kappa shape index (κ3) is 4.85. The molecule has 0 saturated carbocycles. The number of thiophene rings is 1. The van der Waals surface area contributed by atoms with Crippen molar-refractivity contribution in [3.05, 3.63) is 28.4 Å². The number of aliphatic imine (C=N–C) groups is 1. The minimum Gasteiger partial charge on any atom is -0.402 e. The van der Waals surface area contributed by atoms with E-state index in [0.717, 1.165) is 17.4 Å². The van der Waals surface area contributed by atoms with Crippen molar-refractivity contribution in [2.45, 2.75) is 12.8 Å². The Morgan fingerprint density at radius 1 is 1.56 bits per heavy atom. The number of halogens is 4. The number of alkyl halides is 2. The minimum atomic E-state index is -3.22. The van der Waals surface area contributed by atoms with Gasteiger partial charge >= 0.3 is 0 Å². The first-order valence-electron chi connectivity index (χ1n) is 7.67. The van der Waals surface area contributed by atoms with Gasteiger partial charge in [-0.15, -0.1) is 11.3 Å². The summed E-state index contributed by atoms with van der Waals surface area (Å²) in [6.45, 7) is 0.756. The normalized spacial score (nSPS) is 21.3. The number of nitrogens with two attached hydrogens (primary N) is 1. The molecule has 2 heterocycles. The van der Waals surface area contributed by atoms with E-state index in [1.807, 2.05) is 0 Å². The predicted octanol–water partition coefficient (Wildman–Crippen LogP) is 2.50. The first-order valence-corrected chi connectivity index (χ1v) is 8.55. The van der Waals surface area contributed by atoms with Gasteiger partial charge in [0.2, 0.25) is 11.8 Å². The van der Waals surface area contributed by atoms with E-state index < -0.39 is 40.4 Å². The van der Waals surface area contributed by atoms with Crippen molar-refractivity contribution >= 4 is 34.6 Å². The van der Waals surface area contributed by atoms with Crippen LogP contribution in [0, 0.1) is 17.0 Å². The van der Waals surface area contributed by atoms with Gasteiger partial charge in [-0.25, -0.2) is 0 Å². The predicted molar refractivity (Wildman–Crippen MR) is 98.4 cm³/mol. The number of hydrogen-bond donors (Lipinski definition) is 2. The highest BCUT2D eigenvalue weighted by Gasteiger charge is 2.45. The van der Waals surface area contributed by atoms with Gasteiger partial charge in [-0.05, 0) is 17.5 Å². The fourth-order valence-corrected chi connectivity index (χ4v) is 3.31. The Morgan fingerprint density at radius 2 is 2.19 bits per heavy atom. The minimum absolute atomic E-state index is 0. The van der Waals surface area contributed by atoms with Gasteiger partial charge in [0, 0.05) is 40.6 Å². The van der Waals surface area contributed by atoms with Gasteiger partial charge in [-0.3, -0.25) is 19.3 Å². The molecular weight excluding hydrogens is 388 g/mol. The summed E-state index contributed by atoms with van der Waals surface area (Å²) in [6, 6.07) is 1.37. The topological polar surface area (TPSA) is 87.8 Å². The molecule has 0 bridgehead atoms. The average Bonchev–Trinajstić information content (AvgIpc) is 3.07. The Bertz CT molecular complexity index is 779. The molecule has 6 nitrogen and oxygen atoms in total. The van der Waals surface area contributed by atoms with Crippen LogP contribution in [0.15, 0.2) is 28.2 Å². The Labute approximate surface area is 158 Å². The van der Waals surface area contributed by atoms with Crippen molar-refractivity contribution in [3.8, 4) is 0 Å². The summed E-state index contributed by atoms with van der Waals surface area (Å²) in [5.41, 5.74) is 5.27. The molecule has 0 radical (unpaired) electrons. The smallest absolute Gasteiger partial charge is 0.286 e. The number of carbonyl (C=O) groups is 2. The lowest BCUT2D eigenvalue weighted by molar-refractivity contribution is -0.135. The highest BCUT2D eigenvalue weighted by molar-refractivity contribution is 7.08. The van der Waals surface area contributed by atoms with Crippen molar-refractivity contribution in [2.75, 3.05) is 26.0 Å². The van der Waals surface area contributed by atoms with E-state index in [2.05, 4.69) is 10.3 Å². The van der Waals surface area contributed by atoms with Crippen LogP contribution in [0.2, 0.25) is 0 Å². The molecule has 2 rings (SSSR count). The summed E-state index contributed by atoms with van der Waals surface area (Å²) in [5.74, 6) is -6.53. The quantitative estimate of drug-likeness (QED) is 0.444. The first kappa shape index (κ1) is 22.6. The lowest BCUT2D eigenvalue weighted by atomic mass is 9.90. The Balaban J connectivity index is 0.00000364. The maximum atomic E-state index is 13.5.